The van der Waals surface area contributed by atoms with Gasteiger partial charge in [0.15, 0.2) is 0 Å². The highest BCUT2D eigenvalue weighted by atomic mass is 16.5. The summed E-state index contributed by atoms with van der Waals surface area (Å²) in [5, 5.41) is 4.64. The lowest BCUT2D eigenvalue weighted by molar-refractivity contribution is -0.0458. The van der Waals surface area contributed by atoms with Crippen LogP contribution in [0.2, 0.25) is 0 Å². The minimum atomic E-state index is 0.418. The van der Waals surface area contributed by atoms with E-state index in [-0.39, 0.29) is 0 Å². The third kappa shape index (κ3) is 5.05. The molecule has 2 bridgehead atoms. The highest BCUT2D eigenvalue weighted by molar-refractivity contribution is 5.46. The Morgan fingerprint density at radius 1 is 0.966 bits per heavy atom. The van der Waals surface area contributed by atoms with Gasteiger partial charge in [0.1, 0.15) is 5.69 Å². The van der Waals surface area contributed by atoms with Crippen LogP contribution in [0, 0.1) is 0 Å². The predicted octanol–water partition coefficient (Wildman–Crippen LogP) is 2.24. The molecule has 1 aromatic rings. The zero-order valence-corrected chi connectivity index (χ0v) is 17.6. The number of nitrogens with two attached hydrogens (primary N) is 1. The molecule has 0 amide bonds. The average Bonchev–Trinajstić information content (AvgIpc) is 3.23. The normalized spacial score (nSPS) is 30.0. The van der Waals surface area contributed by atoms with Gasteiger partial charge in [0.25, 0.3) is 5.88 Å². The molecule has 1 aliphatic carbocycles. The van der Waals surface area contributed by atoms with Crippen LogP contribution in [0.3, 0.4) is 0 Å². The summed E-state index contributed by atoms with van der Waals surface area (Å²) in [5.74, 6) is 0.551. The molecule has 29 heavy (non-hydrogen) atoms. The molecule has 0 radical (unpaired) electrons. The molecule has 2 unspecified atom stereocenters. The number of methoxy groups -OCH3 is 1. The van der Waals surface area contributed by atoms with Crippen LogP contribution in [0.5, 0.6) is 5.88 Å². The van der Waals surface area contributed by atoms with Crippen LogP contribution in [-0.2, 0) is 14.2 Å². The lowest BCUT2D eigenvalue weighted by Gasteiger charge is -2.43. The van der Waals surface area contributed by atoms with E-state index in [2.05, 4.69) is 10.00 Å². The second-order valence-corrected chi connectivity index (χ2v) is 8.51. The van der Waals surface area contributed by atoms with Crippen LogP contribution in [0.4, 0.5) is 5.69 Å². The first-order chi connectivity index (χ1) is 14.3. The van der Waals surface area contributed by atoms with E-state index in [1.54, 1.807) is 7.11 Å². The Kier molecular flexibility index (Phi) is 7.29. The molecule has 164 valence electrons. The third-order valence-electron chi connectivity index (χ3n) is 6.59. The van der Waals surface area contributed by atoms with E-state index in [1.165, 1.54) is 25.7 Å². The predicted molar refractivity (Wildman–Crippen MR) is 110 cm³/mol. The number of hydrogen-bond acceptors (Lipinski definition) is 7. The molecule has 2 saturated heterocycles. The summed E-state index contributed by atoms with van der Waals surface area (Å²) in [6.07, 6.45) is 10.1. The van der Waals surface area contributed by atoms with Crippen LogP contribution in [0.15, 0.2) is 6.20 Å². The second kappa shape index (κ2) is 10.1. The molecule has 2 aliphatic heterocycles. The number of aromatic nitrogens is 2. The number of nitrogen functional groups attached to an aromatic ring is 1. The van der Waals surface area contributed by atoms with Crippen molar-refractivity contribution in [3.63, 3.8) is 0 Å². The van der Waals surface area contributed by atoms with Gasteiger partial charge in [0.2, 0.25) is 0 Å². The maximum atomic E-state index is 6.14. The van der Waals surface area contributed by atoms with Crippen molar-refractivity contribution in [3.8, 4) is 5.88 Å². The van der Waals surface area contributed by atoms with E-state index in [0.29, 0.717) is 62.2 Å². The number of nitrogens with zero attached hydrogens (tertiary/aromatic N) is 3. The first-order valence-electron chi connectivity index (χ1n) is 11.2. The first-order valence-corrected chi connectivity index (χ1v) is 11.2. The maximum Gasteiger partial charge on any atom is 0.256 e. The second-order valence-electron chi connectivity index (χ2n) is 8.51. The van der Waals surface area contributed by atoms with E-state index in [4.69, 9.17) is 24.7 Å². The molecule has 3 aliphatic rings. The Labute approximate surface area is 173 Å². The van der Waals surface area contributed by atoms with Crippen molar-refractivity contribution in [2.75, 3.05) is 52.5 Å². The fourth-order valence-electron chi connectivity index (χ4n) is 5.14. The highest BCUT2D eigenvalue weighted by Gasteiger charge is 2.42. The van der Waals surface area contributed by atoms with Gasteiger partial charge in [-0.3, -0.25) is 9.58 Å². The summed E-state index contributed by atoms with van der Waals surface area (Å²) in [6.45, 7) is 4.28. The number of ether oxygens (including phenoxy) is 4. The van der Waals surface area contributed by atoms with Gasteiger partial charge < -0.3 is 24.7 Å². The Morgan fingerprint density at radius 2 is 1.66 bits per heavy atom. The van der Waals surface area contributed by atoms with Gasteiger partial charge in [-0.25, -0.2) is 0 Å². The minimum absolute atomic E-state index is 0.418. The molecule has 2 atom stereocenters. The lowest BCUT2D eigenvalue weighted by atomic mass is 9.89. The van der Waals surface area contributed by atoms with Gasteiger partial charge in [-0.2, -0.15) is 0 Å². The smallest absolute Gasteiger partial charge is 0.256 e. The average molecular weight is 409 g/mol. The standard InChI is InChI=1S/C21H36N4O4/c1-26-11-12-27-9-2-10-29-21-20(22)13-24(23-21)16-3-5-17(6-4-16)25-18-7-8-19(25)15-28-14-18/h13,16-19H,2-12,14-15,22H2,1H3. The van der Waals surface area contributed by atoms with Crippen molar-refractivity contribution in [1.29, 1.82) is 0 Å². The van der Waals surface area contributed by atoms with Crippen molar-refractivity contribution in [3.05, 3.63) is 6.20 Å². The van der Waals surface area contributed by atoms with Crippen LogP contribution < -0.4 is 10.5 Å². The van der Waals surface area contributed by atoms with Gasteiger partial charge in [0.05, 0.1) is 45.3 Å². The monoisotopic (exact) mass is 408 g/mol. The first kappa shape index (κ1) is 20.9. The van der Waals surface area contributed by atoms with E-state index in [0.717, 1.165) is 32.5 Å². The van der Waals surface area contributed by atoms with E-state index in [9.17, 15) is 0 Å². The van der Waals surface area contributed by atoms with Crippen molar-refractivity contribution in [2.45, 2.75) is 69.1 Å². The zero-order chi connectivity index (χ0) is 20.1. The summed E-state index contributed by atoms with van der Waals surface area (Å²) in [7, 11) is 1.67. The molecular weight excluding hydrogens is 372 g/mol. The number of morpholine rings is 1. The number of fused-ring (bicyclic) bond motifs is 2. The molecule has 1 aromatic heterocycles. The van der Waals surface area contributed by atoms with Crippen molar-refractivity contribution in [2.24, 2.45) is 0 Å². The van der Waals surface area contributed by atoms with Gasteiger partial charge in [-0.1, -0.05) is 0 Å². The summed E-state index contributed by atoms with van der Waals surface area (Å²) in [6, 6.07) is 2.42. The van der Waals surface area contributed by atoms with Crippen LogP contribution in [0.1, 0.15) is 51.0 Å². The fourth-order valence-corrected chi connectivity index (χ4v) is 5.14. The largest absolute Gasteiger partial charge is 0.475 e. The van der Waals surface area contributed by atoms with Crippen LogP contribution >= 0.6 is 0 Å². The third-order valence-corrected chi connectivity index (χ3v) is 6.59. The molecule has 2 N–H and O–H groups in total. The summed E-state index contributed by atoms with van der Waals surface area (Å²) in [5.41, 5.74) is 6.76. The molecule has 0 spiro atoms. The Morgan fingerprint density at radius 3 is 2.38 bits per heavy atom. The molecule has 8 heteroatoms. The van der Waals surface area contributed by atoms with Gasteiger partial charge in [-0.05, 0) is 38.5 Å². The summed E-state index contributed by atoms with van der Waals surface area (Å²) in [4.78, 5) is 2.78. The van der Waals surface area contributed by atoms with Crippen LogP contribution in [-0.4, -0.2) is 79.6 Å². The highest BCUT2D eigenvalue weighted by Crippen LogP contribution is 2.38. The van der Waals surface area contributed by atoms with Gasteiger partial charge in [0, 0.05) is 38.3 Å². The fraction of sp³-hybridized carbons (Fsp3) is 0.857. The quantitative estimate of drug-likeness (QED) is 0.595. The Bertz CT molecular complexity index is 616. The van der Waals surface area contributed by atoms with Crippen molar-refractivity contribution in [1.82, 2.24) is 14.7 Å². The van der Waals surface area contributed by atoms with E-state index in [1.807, 2.05) is 10.9 Å². The SMILES string of the molecule is COCCOCCCOc1nn(C2CCC(N3C4CCC3COC4)CC2)cc1N. The molecule has 3 heterocycles. The lowest BCUT2D eigenvalue weighted by Crippen LogP contribution is -2.52. The Balaban J connectivity index is 1.21. The number of rotatable bonds is 10. The molecule has 4 rings (SSSR count). The van der Waals surface area contributed by atoms with E-state index < -0.39 is 0 Å². The Hall–Kier alpha value is -1.35. The van der Waals surface area contributed by atoms with Crippen molar-refractivity contribution < 1.29 is 18.9 Å². The number of hydrogen-bond donors (Lipinski definition) is 1. The molecule has 1 saturated carbocycles. The van der Waals surface area contributed by atoms with Gasteiger partial charge in [-0.15, -0.1) is 5.10 Å². The number of anilines is 1. The molecular formula is C21H36N4O4. The molecule has 8 nitrogen and oxygen atoms in total. The van der Waals surface area contributed by atoms with E-state index >= 15 is 0 Å². The summed E-state index contributed by atoms with van der Waals surface area (Å²) < 4.78 is 24.0. The van der Waals surface area contributed by atoms with Crippen molar-refractivity contribution >= 4 is 5.69 Å². The van der Waals surface area contributed by atoms with Crippen LogP contribution in [0.25, 0.3) is 0 Å². The molecule has 0 aromatic carbocycles. The minimum Gasteiger partial charge on any atom is -0.475 e. The topological polar surface area (TPSA) is 84.0 Å². The summed E-state index contributed by atoms with van der Waals surface area (Å²) >= 11 is 0. The molecule has 3 fully saturated rings. The zero-order valence-electron chi connectivity index (χ0n) is 17.6. The van der Waals surface area contributed by atoms with Gasteiger partial charge >= 0.3 is 0 Å². The maximum absolute atomic E-state index is 6.14.